The van der Waals surface area contributed by atoms with Gasteiger partial charge in [0.25, 0.3) is 11.7 Å². The fourth-order valence-corrected chi connectivity index (χ4v) is 4.18. The number of hydrogen-bond donors (Lipinski definition) is 0. The van der Waals surface area contributed by atoms with Gasteiger partial charge >= 0.3 is 0 Å². The van der Waals surface area contributed by atoms with Gasteiger partial charge in [0.2, 0.25) is 0 Å². The van der Waals surface area contributed by atoms with Crippen molar-refractivity contribution in [2.45, 2.75) is 12.2 Å². The molecule has 2 aliphatic rings. The predicted molar refractivity (Wildman–Crippen MR) is 83.0 cm³/mol. The second kappa shape index (κ2) is 4.74. The summed E-state index contributed by atoms with van der Waals surface area (Å²) in [5.74, 6) is 0.803. The van der Waals surface area contributed by atoms with Crippen molar-refractivity contribution in [1.82, 2.24) is 4.90 Å². The highest BCUT2D eigenvalue weighted by Gasteiger charge is 2.48. The molecule has 0 bridgehead atoms. The van der Waals surface area contributed by atoms with Crippen molar-refractivity contribution >= 4 is 33.2 Å². The summed E-state index contributed by atoms with van der Waals surface area (Å²) < 4.78 is 12.8. The summed E-state index contributed by atoms with van der Waals surface area (Å²) in [6, 6.07) is 7.62. The monoisotopic (exact) mass is 365 g/mol. The van der Waals surface area contributed by atoms with Gasteiger partial charge in [0.15, 0.2) is 11.5 Å². The van der Waals surface area contributed by atoms with Crippen LogP contribution >= 0.6 is 27.3 Å². The maximum atomic E-state index is 12.5. The van der Waals surface area contributed by atoms with E-state index < -0.39 is 5.79 Å². The molecule has 1 aromatic carbocycles. The van der Waals surface area contributed by atoms with Crippen molar-refractivity contribution in [3.63, 3.8) is 0 Å². The van der Waals surface area contributed by atoms with Gasteiger partial charge in [0.05, 0.1) is 12.1 Å². The molecule has 0 atom stereocenters. The SMILES string of the molecule is O=C(c1cscc1Br)N1CCC2(C1)Oc1ccccc1O2. The van der Waals surface area contributed by atoms with Crippen LogP contribution in [0.15, 0.2) is 39.5 Å². The van der Waals surface area contributed by atoms with Gasteiger partial charge in [0.1, 0.15) is 0 Å². The van der Waals surface area contributed by atoms with Crippen molar-refractivity contribution < 1.29 is 14.3 Å². The molecule has 108 valence electrons. The Balaban J connectivity index is 1.54. The summed E-state index contributed by atoms with van der Waals surface area (Å²) in [5, 5.41) is 3.78. The molecule has 1 aromatic heterocycles. The number of ether oxygens (including phenoxy) is 2. The number of rotatable bonds is 1. The van der Waals surface area contributed by atoms with Gasteiger partial charge in [-0.05, 0) is 28.1 Å². The Morgan fingerprint density at radius 1 is 1.24 bits per heavy atom. The van der Waals surface area contributed by atoms with E-state index in [4.69, 9.17) is 9.47 Å². The molecule has 21 heavy (non-hydrogen) atoms. The van der Waals surface area contributed by atoms with E-state index in [9.17, 15) is 4.79 Å². The summed E-state index contributed by atoms with van der Waals surface area (Å²) in [6.07, 6.45) is 0.676. The third-order valence-electron chi connectivity index (χ3n) is 3.77. The third-order valence-corrected chi connectivity index (χ3v) is 5.47. The van der Waals surface area contributed by atoms with Crippen LogP contribution < -0.4 is 9.47 Å². The normalized spacial score (nSPS) is 18.4. The van der Waals surface area contributed by atoms with Crippen molar-refractivity contribution in [3.8, 4) is 11.5 Å². The number of hydrogen-bond acceptors (Lipinski definition) is 4. The number of carbonyl (C=O) groups is 1. The Labute approximate surface area is 134 Å². The van der Waals surface area contributed by atoms with E-state index in [-0.39, 0.29) is 5.91 Å². The van der Waals surface area contributed by atoms with Crippen molar-refractivity contribution in [3.05, 3.63) is 45.1 Å². The zero-order valence-electron chi connectivity index (χ0n) is 11.0. The smallest absolute Gasteiger partial charge is 0.270 e. The summed E-state index contributed by atoms with van der Waals surface area (Å²) >= 11 is 4.92. The Bertz CT molecular complexity index is 689. The minimum absolute atomic E-state index is 0.0168. The van der Waals surface area contributed by atoms with Crippen molar-refractivity contribution in [1.29, 1.82) is 0 Å². The molecule has 3 heterocycles. The molecular formula is C15H12BrNO3S. The fourth-order valence-electron chi connectivity index (χ4n) is 2.74. The summed E-state index contributed by atoms with van der Waals surface area (Å²) in [6.45, 7) is 1.08. The molecule has 1 spiro atoms. The highest BCUT2D eigenvalue weighted by atomic mass is 79.9. The topological polar surface area (TPSA) is 38.8 Å². The first kappa shape index (κ1) is 13.2. The van der Waals surface area contributed by atoms with E-state index in [0.717, 1.165) is 16.0 Å². The zero-order valence-corrected chi connectivity index (χ0v) is 13.4. The van der Waals surface area contributed by atoms with Crippen LogP contribution in [0, 0.1) is 0 Å². The van der Waals surface area contributed by atoms with Crippen LogP contribution in [-0.4, -0.2) is 29.7 Å². The Kier molecular flexibility index (Phi) is 2.97. The molecule has 4 nitrogen and oxygen atoms in total. The molecule has 1 amide bonds. The van der Waals surface area contributed by atoms with Crippen molar-refractivity contribution in [2.24, 2.45) is 0 Å². The number of halogens is 1. The quantitative estimate of drug-likeness (QED) is 0.775. The molecule has 0 aliphatic carbocycles. The zero-order chi connectivity index (χ0) is 14.4. The van der Waals surface area contributed by atoms with Gasteiger partial charge in [-0.2, -0.15) is 11.3 Å². The number of nitrogens with zero attached hydrogens (tertiary/aromatic N) is 1. The summed E-state index contributed by atoms with van der Waals surface area (Å²) in [7, 11) is 0. The first-order valence-electron chi connectivity index (χ1n) is 6.65. The van der Waals surface area contributed by atoms with E-state index >= 15 is 0 Å². The van der Waals surface area contributed by atoms with Gasteiger partial charge in [0, 0.05) is 28.2 Å². The Morgan fingerprint density at radius 3 is 2.57 bits per heavy atom. The number of benzene rings is 1. The van der Waals surface area contributed by atoms with E-state index in [0.29, 0.717) is 25.1 Å². The van der Waals surface area contributed by atoms with Crippen LogP contribution in [0.4, 0.5) is 0 Å². The highest BCUT2D eigenvalue weighted by molar-refractivity contribution is 9.10. The number of para-hydroxylation sites is 2. The Hall–Kier alpha value is -1.53. The lowest BCUT2D eigenvalue weighted by atomic mass is 10.2. The van der Waals surface area contributed by atoms with Crippen molar-refractivity contribution in [2.75, 3.05) is 13.1 Å². The van der Waals surface area contributed by atoms with Gasteiger partial charge < -0.3 is 14.4 Å². The largest absolute Gasteiger partial charge is 0.447 e. The lowest BCUT2D eigenvalue weighted by Crippen LogP contribution is -2.42. The van der Waals surface area contributed by atoms with Gasteiger partial charge in [-0.15, -0.1) is 0 Å². The minimum Gasteiger partial charge on any atom is -0.447 e. The summed E-state index contributed by atoms with van der Waals surface area (Å²) in [4.78, 5) is 14.3. The lowest BCUT2D eigenvalue weighted by Gasteiger charge is -2.23. The van der Waals surface area contributed by atoms with E-state index in [1.165, 1.54) is 11.3 Å². The van der Waals surface area contributed by atoms with Crippen LogP contribution in [0.25, 0.3) is 0 Å². The highest BCUT2D eigenvalue weighted by Crippen LogP contribution is 2.43. The lowest BCUT2D eigenvalue weighted by molar-refractivity contribution is -0.0657. The first-order valence-corrected chi connectivity index (χ1v) is 8.38. The Morgan fingerprint density at radius 2 is 1.95 bits per heavy atom. The molecule has 1 fully saturated rings. The van der Waals surface area contributed by atoms with E-state index in [1.807, 2.05) is 35.0 Å². The molecule has 6 heteroatoms. The van der Waals surface area contributed by atoms with Crippen LogP contribution in [0.1, 0.15) is 16.8 Å². The standard InChI is InChI=1S/C15H12BrNO3S/c16-11-8-21-7-10(11)14(18)17-6-5-15(9-17)19-12-3-1-2-4-13(12)20-15/h1-4,7-8H,5-6,9H2. The van der Waals surface area contributed by atoms with Crippen LogP contribution in [0.3, 0.4) is 0 Å². The number of carbonyl (C=O) groups excluding carboxylic acids is 1. The maximum Gasteiger partial charge on any atom is 0.270 e. The molecule has 0 unspecified atom stereocenters. The predicted octanol–water partition coefficient (Wildman–Crippen LogP) is 3.52. The van der Waals surface area contributed by atoms with Gasteiger partial charge in [-0.1, -0.05) is 12.1 Å². The molecule has 2 aromatic rings. The van der Waals surface area contributed by atoms with E-state index in [1.54, 1.807) is 4.90 Å². The fraction of sp³-hybridized carbons (Fsp3) is 0.267. The second-order valence-electron chi connectivity index (χ2n) is 5.17. The molecule has 0 radical (unpaired) electrons. The number of likely N-dealkylation sites (tertiary alicyclic amines) is 1. The second-order valence-corrected chi connectivity index (χ2v) is 6.77. The number of amides is 1. The van der Waals surface area contributed by atoms with Gasteiger partial charge in [-0.25, -0.2) is 0 Å². The molecule has 2 aliphatic heterocycles. The number of fused-ring (bicyclic) bond motifs is 1. The van der Waals surface area contributed by atoms with Gasteiger partial charge in [-0.3, -0.25) is 4.79 Å². The molecule has 0 saturated carbocycles. The van der Waals surface area contributed by atoms with Crippen LogP contribution in [0.2, 0.25) is 0 Å². The van der Waals surface area contributed by atoms with E-state index in [2.05, 4.69) is 15.9 Å². The maximum absolute atomic E-state index is 12.5. The third kappa shape index (κ3) is 2.13. The molecular weight excluding hydrogens is 354 g/mol. The average molecular weight is 366 g/mol. The first-order chi connectivity index (χ1) is 10.2. The minimum atomic E-state index is -0.720. The molecule has 4 rings (SSSR count). The number of thiophene rings is 1. The summed E-state index contributed by atoms with van der Waals surface area (Å²) in [5.41, 5.74) is 0.701. The average Bonchev–Trinajstić information content (AvgIpc) is 3.17. The van der Waals surface area contributed by atoms with Crippen LogP contribution in [0.5, 0.6) is 11.5 Å². The molecule has 1 saturated heterocycles. The molecule has 0 N–H and O–H groups in total. The van der Waals surface area contributed by atoms with Crippen LogP contribution in [-0.2, 0) is 0 Å².